The number of sulfonamides is 1. The van der Waals surface area contributed by atoms with Crippen molar-refractivity contribution in [3.05, 3.63) is 29.3 Å². The van der Waals surface area contributed by atoms with Crippen LogP contribution in [0.5, 0.6) is 0 Å². The summed E-state index contributed by atoms with van der Waals surface area (Å²) in [5, 5.41) is 11.4. The van der Waals surface area contributed by atoms with Gasteiger partial charge in [0.25, 0.3) is 0 Å². The Kier molecular flexibility index (Phi) is 5.74. The standard InChI is InChI=1S/C11H15ClN2O4S/c1-14(8-11(16)13-6-7-15)19(17,18)10-4-2-9(12)3-5-10/h2-5,15H,6-8H2,1H3,(H,13,16). The van der Waals surface area contributed by atoms with Gasteiger partial charge in [0, 0.05) is 18.6 Å². The van der Waals surface area contributed by atoms with Gasteiger partial charge in [-0.05, 0) is 24.3 Å². The normalized spacial score (nSPS) is 11.6. The van der Waals surface area contributed by atoms with E-state index >= 15 is 0 Å². The number of likely N-dealkylation sites (N-methyl/N-ethyl adjacent to an activating group) is 1. The maximum atomic E-state index is 12.1. The Labute approximate surface area is 117 Å². The number of nitrogens with one attached hydrogen (secondary N) is 1. The molecule has 0 heterocycles. The van der Waals surface area contributed by atoms with Crippen LogP contribution in [0.4, 0.5) is 0 Å². The smallest absolute Gasteiger partial charge is 0.243 e. The third kappa shape index (κ3) is 4.46. The Balaban J connectivity index is 2.77. The fourth-order valence-corrected chi connectivity index (χ4v) is 2.58. The molecule has 0 saturated carbocycles. The van der Waals surface area contributed by atoms with Crippen LogP contribution in [0.3, 0.4) is 0 Å². The highest BCUT2D eigenvalue weighted by Crippen LogP contribution is 2.17. The predicted molar refractivity (Wildman–Crippen MR) is 71.4 cm³/mol. The number of carbonyl (C=O) groups is 1. The third-order valence-corrected chi connectivity index (χ3v) is 4.39. The molecule has 1 aromatic rings. The Bertz CT molecular complexity index is 530. The lowest BCUT2D eigenvalue weighted by molar-refractivity contribution is -0.121. The molecule has 0 aliphatic rings. The predicted octanol–water partition coefficient (Wildman–Crippen LogP) is 0.0690. The number of hydrogen-bond acceptors (Lipinski definition) is 4. The lowest BCUT2D eigenvalue weighted by Gasteiger charge is -2.16. The lowest BCUT2D eigenvalue weighted by Crippen LogP contribution is -2.39. The molecule has 0 fully saturated rings. The topological polar surface area (TPSA) is 86.7 Å². The van der Waals surface area contributed by atoms with E-state index in [0.717, 1.165) is 4.31 Å². The maximum Gasteiger partial charge on any atom is 0.243 e. The molecule has 0 atom stereocenters. The lowest BCUT2D eigenvalue weighted by atomic mass is 10.4. The molecule has 0 unspecified atom stereocenters. The highest BCUT2D eigenvalue weighted by molar-refractivity contribution is 7.89. The minimum atomic E-state index is -3.72. The number of carbonyl (C=O) groups excluding carboxylic acids is 1. The second-order valence-corrected chi connectivity index (χ2v) is 6.27. The van der Waals surface area contributed by atoms with Gasteiger partial charge >= 0.3 is 0 Å². The molecular weight excluding hydrogens is 292 g/mol. The van der Waals surface area contributed by atoms with Gasteiger partial charge in [0.1, 0.15) is 0 Å². The van der Waals surface area contributed by atoms with Crippen LogP contribution in [0.1, 0.15) is 0 Å². The average molecular weight is 307 g/mol. The summed E-state index contributed by atoms with van der Waals surface area (Å²) in [6.07, 6.45) is 0. The van der Waals surface area contributed by atoms with Crippen LogP contribution >= 0.6 is 11.6 Å². The molecular formula is C11H15ClN2O4S. The fraction of sp³-hybridized carbons (Fsp3) is 0.364. The Hall–Kier alpha value is -1.15. The monoisotopic (exact) mass is 306 g/mol. The number of benzene rings is 1. The van der Waals surface area contributed by atoms with Gasteiger partial charge in [-0.15, -0.1) is 0 Å². The van der Waals surface area contributed by atoms with Crippen molar-refractivity contribution in [1.29, 1.82) is 0 Å². The van der Waals surface area contributed by atoms with Crippen molar-refractivity contribution in [2.75, 3.05) is 26.7 Å². The van der Waals surface area contributed by atoms with Crippen LogP contribution in [0.2, 0.25) is 5.02 Å². The largest absolute Gasteiger partial charge is 0.395 e. The summed E-state index contributed by atoms with van der Waals surface area (Å²) in [5.41, 5.74) is 0. The Morgan fingerprint density at radius 2 is 1.95 bits per heavy atom. The Morgan fingerprint density at radius 3 is 2.47 bits per heavy atom. The summed E-state index contributed by atoms with van der Waals surface area (Å²) in [6, 6.07) is 5.68. The minimum absolute atomic E-state index is 0.0642. The molecule has 0 aliphatic carbocycles. The molecule has 0 aromatic heterocycles. The second-order valence-electron chi connectivity index (χ2n) is 3.79. The first-order valence-corrected chi connectivity index (χ1v) is 7.29. The molecule has 6 nitrogen and oxygen atoms in total. The molecule has 1 rings (SSSR count). The molecule has 0 spiro atoms. The molecule has 19 heavy (non-hydrogen) atoms. The molecule has 106 valence electrons. The molecule has 0 saturated heterocycles. The van der Waals surface area contributed by atoms with Gasteiger partial charge in [-0.25, -0.2) is 8.42 Å². The highest BCUT2D eigenvalue weighted by atomic mass is 35.5. The molecule has 0 bridgehead atoms. The number of nitrogens with zero attached hydrogens (tertiary/aromatic N) is 1. The van der Waals surface area contributed by atoms with E-state index in [-0.39, 0.29) is 24.6 Å². The summed E-state index contributed by atoms with van der Waals surface area (Å²) in [6.45, 7) is -0.419. The van der Waals surface area contributed by atoms with Crippen molar-refractivity contribution < 1.29 is 18.3 Å². The van der Waals surface area contributed by atoms with Crippen LogP contribution in [-0.4, -0.2) is 50.5 Å². The van der Waals surface area contributed by atoms with E-state index in [1.807, 2.05) is 0 Å². The van der Waals surface area contributed by atoms with E-state index in [2.05, 4.69) is 5.32 Å². The zero-order chi connectivity index (χ0) is 14.5. The maximum absolute atomic E-state index is 12.1. The van der Waals surface area contributed by atoms with Gasteiger partial charge in [-0.1, -0.05) is 11.6 Å². The summed E-state index contributed by atoms with van der Waals surface area (Å²) in [4.78, 5) is 11.5. The average Bonchev–Trinajstić information content (AvgIpc) is 2.36. The van der Waals surface area contributed by atoms with Crippen LogP contribution < -0.4 is 5.32 Å². The van der Waals surface area contributed by atoms with Crippen molar-refractivity contribution in [3.63, 3.8) is 0 Å². The molecule has 8 heteroatoms. The summed E-state index contributed by atoms with van der Waals surface area (Å²) < 4.78 is 25.1. The van der Waals surface area contributed by atoms with E-state index in [1.54, 1.807) is 0 Å². The van der Waals surface area contributed by atoms with E-state index < -0.39 is 15.9 Å². The number of hydrogen-bond donors (Lipinski definition) is 2. The van der Waals surface area contributed by atoms with Gasteiger partial charge < -0.3 is 10.4 Å². The van der Waals surface area contributed by atoms with Crippen LogP contribution in [0.15, 0.2) is 29.2 Å². The third-order valence-electron chi connectivity index (χ3n) is 2.32. The first-order chi connectivity index (χ1) is 8.87. The fourth-order valence-electron chi connectivity index (χ4n) is 1.32. The first kappa shape index (κ1) is 15.9. The van der Waals surface area contributed by atoms with Crippen LogP contribution in [0.25, 0.3) is 0 Å². The second kappa shape index (κ2) is 6.85. The molecule has 0 radical (unpaired) electrons. The zero-order valence-corrected chi connectivity index (χ0v) is 11.9. The molecule has 0 aliphatic heterocycles. The summed E-state index contributed by atoms with van der Waals surface area (Å²) in [5.74, 6) is -0.478. The summed E-state index contributed by atoms with van der Waals surface area (Å²) >= 11 is 5.69. The van der Waals surface area contributed by atoms with Gasteiger partial charge in [-0.3, -0.25) is 4.79 Å². The van der Waals surface area contributed by atoms with Crippen molar-refractivity contribution in [1.82, 2.24) is 9.62 Å². The van der Waals surface area contributed by atoms with Crippen molar-refractivity contribution in [3.8, 4) is 0 Å². The van der Waals surface area contributed by atoms with E-state index in [1.165, 1.54) is 31.3 Å². The zero-order valence-electron chi connectivity index (χ0n) is 10.3. The van der Waals surface area contributed by atoms with Gasteiger partial charge in [0.2, 0.25) is 15.9 Å². The van der Waals surface area contributed by atoms with Gasteiger partial charge in [-0.2, -0.15) is 4.31 Å². The first-order valence-electron chi connectivity index (χ1n) is 5.47. The van der Waals surface area contributed by atoms with Crippen molar-refractivity contribution in [2.45, 2.75) is 4.90 Å². The van der Waals surface area contributed by atoms with E-state index in [4.69, 9.17) is 16.7 Å². The van der Waals surface area contributed by atoms with Gasteiger partial charge in [0.05, 0.1) is 18.0 Å². The SMILES string of the molecule is CN(CC(=O)NCCO)S(=O)(=O)c1ccc(Cl)cc1. The number of aliphatic hydroxyl groups is 1. The number of rotatable bonds is 6. The van der Waals surface area contributed by atoms with Crippen LogP contribution in [-0.2, 0) is 14.8 Å². The minimum Gasteiger partial charge on any atom is -0.395 e. The number of halogens is 1. The molecule has 1 amide bonds. The van der Waals surface area contributed by atoms with Crippen molar-refractivity contribution in [2.24, 2.45) is 0 Å². The Morgan fingerprint density at radius 1 is 1.37 bits per heavy atom. The van der Waals surface area contributed by atoms with Gasteiger partial charge in [0.15, 0.2) is 0 Å². The summed E-state index contributed by atoms with van der Waals surface area (Å²) in [7, 11) is -2.42. The molecule has 1 aromatic carbocycles. The molecule has 2 N–H and O–H groups in total. The van der Waals surface area contributed by atoms with Crippen molar-refractivity contribution >= 4 is 27.5 Å². The quantitative estimate of drug-likeness (QED) is 0.778. The number of aliphatic hydroxyl groups excluding tert-OH is 1. The van der Waals surface area contributed by atoms with Crippen LogP contribution in [0, 0.1) is 0 Å². The highest BCUT2D eigenvalue weighted by Gasteiger charge is 2.22. The van der Waals surface area contributed by atoms with E-state index in [9.17, 15) is 13.2 Å². The number of amides is 1. The van der Waals surface area contributed by atoms with E-state index in [0.29, 0.717) is 5.02 Å².